The summed E-state index contributed by atoms with van der Waals surface area (Å²) in [4.78, 5) is 23.5. The van der Waals surface area contributed by atoms with Crippen molar-refractivity contribution < 1.29 is 9.59 Å². The zero-order valence-corrected chi connectivity index (χ0v) is 7.43. The molecule has 0 radical (unpaired) electrons. The fourth-order valence-corrected chi connectivity index (χ4v) is 0.862. The summed E-state index contributed by atoms with van der Waals surface area (Å²) >= 11 is 0. The first-order valence-corrected chi connectivity index (χ1v) is 3.94. The van der Waals surface area contributed by atoms with Crippen LogP contribution in [0.1, 0.15) is 19.8 Å². The van der Waals surface area contributed by atoms with Crippen LogP contribution in [0.15, 0.2) is 5.11 Å². The molecule has 0 saturated heterocycles. The molecule has 0 aromatic carbocycles. The Balaban J connectivity index is 3.65. The maximum Gasteiger partial charge on any atom is 0.217 e. The summed E-state index contributed by atoms with van der Waals surface area (Å²) in [5.74, 6) is -0.235. The van der Waals surface area contributed by atoms with Crippen molar-refractivity contribution in [2.24, 2.45) is 5.11 Å². The fraction of sp³-hybridized carbons (Fsp3) is 0.714. The molecule has 1 N–H and O–H groups in total. The number of nitrogens with one attached hydrogen (secondary N) is 1. The van der Waals surface area contributed by atoms with Gasteiger partial charge in [-0.05, 0) is 18.4 Å². The fourth-order valence-electron chi connectivity index (χ4n) is 0.862. The largest absolute Gasteiger partial charge is 0.347 e. The van der Waals surface area contributed by atoms with Crippen LogP contribution in [0, 0.1) is 0 Å². The molecule has 0 aromatic rings. The summed E-state index contributed by atoms with van der Waals surface area (Å²) in [5, 5.41) is 5.77. The van der Waals surface area contributed by atoms with Gasteiger partial charge in [-0.15, -0.1) is 0 Å². The highest BCUT2D eigenvalue weighted by Crippen LogP contribution is 1.95. The second-order valence-corrected chi connectivity index (χ2v) is 2.54. The second-order valence-electron chi connectivity index (χ2n) is 2.54. The van der Waals surface area contributed by atoms with Crippen LogP contribution in [-0.2, 0) is 9.59 Å². The SMILES string of the molecule is CC(=O)NC(C=O)CCCN=[N+]=[N-]. The van der Waals surface area contributed by atoms with Crippen molar-refractivity contribution in [3.63, 3.8) is 0 Å². The van der Waals surface area contributed by atoms with Gasteiger partial charge in [-0.25, -0.2) is 0 Å². The summed E-state index contributed by atoms with van der Waals surface area (Å²) in [6.07, 6.45) is 1.77. The van der Waals surface area contributed by atoms with Gasteiger partial charge in [0, 0.05) is 18.4 Å². The van der Waals surface area contributed by atoms with Crippen LogP contribution >= 0.6 is 0 Å². The minimum atomic E-state index is -0.466. The number of rotatable bonds is 6. The quantitative estimate of drug-likeness (QED) is 0.217. The minimum absolute atomic E-state index is 0.235. The van der Waals surface area contributed by atoms with Gasteiger partial charge >= 0.3 is 0 Å². The highest BCUT2D eigenvalue weighted by Gasteiger charge is 2.06. The van der Waals surface area contributed by atoms with Crippen molar-refractivity contribution in [2.75, 3.05) is 6.54 Å². The van der Waals surface area contributed by atoms with E-state index in [9.17, 15) is 9.59 Å². The molecule has 0 rings (SSSR count). The highest BCUT2D eigenvalue weighted by atomic mass is 16.2. The Hall–Kier alpha value is -1.55. The van der Waals surface area contributed by atoms with Gasteiger partial charge in [-0.1, -0.05) is 5.11 Å². The van der Waals surface area contributed by atoms with Crippen molar-refractivity contribution in [2.45, 2.75) is 25.8 Å². The number of hydrogen-bond donors (Lipinski definition) is 1. The van der Waals surface area contributed by atoms with E-state index in [1.165, 1.54) is 6.92 Å². The summed E-state index contributed by atoms with van der Waals surface area (Å²) in [7, 11) is 0. The van der Waals surface area contributed by atoms with Gasteiger partial charge in [0.1, 0.15) is 6.29 Å². The Bertz CT molecular complexity index is 223. The van der Waals surface area contributed by atoms with E-state index in [0.29, 0.717) is 25.7 Å². The molecule has 0 aliphatic carbocycles. The van der Waals surface area contributed by atoms with Crippen molar-refractivity contribution in [3.8, 4) is 0 Å². The van der Waals surface area contributed by atoms with Crippen LogP contribution in [0.4, 0.5) is 0 Å². The molecule has 1 amide bonds. The number of aldehydes is 1. The van der Waals surface area contributed by atoms with Crippen molar-refractivity contribution in [1.82, 2.24) is 5.32 Å². The Kier molecular flexibility index (Phi) is 6.27. The molecule has 1 atom stereocenters. The molecular formula is C7H12N4O2. The molecule has 13 heavy (non-hydrogen) atoms. The standard InChI is InChI=1S/C7H12N4O2/c1-6(13)10-7(5-12)3-2-4-9-11-8/h5,7H,2-4H2,1H3,(H,10,13). The predicted octanol–water partition coefficient (Wildman–Crippen LogP) is 0.780. The van der Waals surface area contributed by atoms with E-state index in [-0.39, 0.29) is 5.91 Å². The van der Waals surface area contributed by atoms with Gasteiger partial charge in [0.15, 0.2) is 0 Å². The van der Waals surface area contributed by atoms with Crippen molar-refractivity contribution >= 4 is 12.2 Å². The van der Waals surface area contributed by atoms with Crippen molar-refractivity contribution in [1.29, 1.82) is 0 Å². The Morgan fingerprint density at radius 3 is 2.92 bits per heavy atom. The number of azide groups is 1. The molecule has 0 aliphatic heterocycles. The van der Waals surface area contributed by atoms with Crippen LogP contribution in [-0.4, -0.2) is 24.8 Å². The lowest BCUT2D eigenvalue weighted by Crippen LogP contribution is -2.34. The molecule has 0 heterocycles. The topological polar surface area (TPSA) is 94.9 Å². The van der Waals surface area contributed by atoms with Crippen LogP contribution in [0.5, 0.6) is 0 Å². The Labute approximate surface area is 75.9 Å². The lowest BCUT2D eigenvalue weighted by atomic mass is 10.2. The molecule has 72 valence electrons. The maximum atomic E-state index is 10.5. The minimum Gasteiger partial charge on any atom is -0.347 e. The third kappa shape index (κ3) is 6.83. The molecule has 6 heteroatoms. The van der Waals surface area contributed by atoms with Gasteiger partial charge in [0.2, 0.25) is 5.91 Å². The average molecular weight is 184 g/mol. The molecule has 0 aliphatic rings. The summed E-state index contributed by atoms with van der Waals surface area (Å²) < 4.78 is 0. The molecule has 1 unspecified atom stereocenters. The van der Waals surface area contributed by atoms with E-state index in [1.807, 2.05) is 0 Å². The number of carbonyl (C=O) groups is 2. The van der Waals surface area contributed by atoms with E-state index in [1.54, 1.807) is 0 Å². The van der Waals surface area contributed by atoms with Crippen LogP contribution in [0.3, 0.4) is 0 Å². The number of nitrogens with zero attached hydrogens (tertiary/aromatic N) is 3. The van der Waals surface area contributed by atoms with Gasteiger partial charge in [-0.2, -0.15) is 0 Å². The van der Waals surface area contributed by atoms with E-state index in [0.717, 1.165) is 0 Å². The lowest BCUT2D eigenvalue weighted by molar-refractivity contribution is -0.122. The monoisotopic (exact) mass is 184 g/mol. The lowest BCUT2D eigenvalue weighted by Gasteiger charge is -2.09. The number of carbonyl (C=O) groups excluding carboxylic acids is 2. The van der Waals surface area contributed by atoms with E-state index >= 15 is 0 Å². The number of hydrogen-bond acceptors (Lipinski definition) is 3. The summed E-state index contributed by atoms with van der Waals surface area (Å²) in [6, 6.07) is -0.466. The van der Waals surface area contributed by atoms with Crippen molar-refractivity contribution in [3.05, 3.63) is 10.4 Å². The highest BCUT2D eigenvalue weighted by molar-refractivity contribution is 5.77. The molecule has 0 bridgehead atoms. The smallest absolute Gasteiger partial charge is 0.217 e. The van der Waals surface area contributed by atoms with Crippen LogP contribution in [0.2, 0.25) is 0 Å². The molecule has 0 saturated carbocycles. The normalized spacial score (nSPS) is 11.2. The van der Waals surface area contributed by atoms with Crippen LogP contribution < -0.4 is 5.32 Å². The van der Waals surface area contributed by atoms with E-state index in [4.69, 9.17) is 5.53 Å². The third-order valence-electron chi connectivity index (χ3n) is 1.39. The second kappa shape index (κ2) is 7.12. The first-order chi connectivity index (χ1) is 6.20. The van der Waals surface area contributed by atoms with Gasteiger partial charge in [0.25, 0.3) is 0 Å². The zero-order chi connectivity index (χ0) is 10.1. The van der Waals surface area contributed by atoms with E-state index in [2.05, 4.69) is 15.3 Å². The summed E-state index contributed by atoms with van der Waals surface area (Å²) in [5.41, 5.74) is 7.95. The van der Waals surface area contributed by atoms with Gasteiger partial charge < -0.3 is 10.1 Å². The van der Waals surface area contributed by atoms with Crippen LogP contribution in [0.25, 0.3) is 10.4 Å². The van der Waals surface area contributed by atoms with Gasteiger partial charge in [0.05, 0.1) is 6.04 Å². The zero-order valence-electron chi connectivity index (χ0n) is 7.43. The summed E-state index contributed by atoms with van der Waals surface area (Å²) in [6.45, 7) is 1.70. The van der Waals surface area contributed by atoms with Gasteiger partial charge in [-0.3, -0.25) is 4.79 Å². The maximum absolute atomic E-state index is 10.5. The molecule has 0 aromatic heterocycles. The Morgan fingerprint density at radius 2 is 2.46 bits per heavy atom. The average Bonchev–Trinajstić information content (AvgIpc) is 2.09. The molecule has 0 spiro atoms. The third-order valence-corrected chi connectivity index (χ3v) is 1.39. The Morgan fingerprint density at radius 1 is 1.77 bits per heavy atom. The molecule has 0 fully saturated rings. The number of amides is 1. The predicted molar refractivity (Wildman–Crippen MR) is 46.9 cm³/mol. The first-order valence-electron chi connectivity index (χ1n) is 3.94. The van der Waals surface area contributed by atoms with E-state index < -0.39 is 6.04 Å². The molecular weight excluding hydrogens is 172 g/mol. The first kappa shape index (κ1) is 11.4. The molecule has 6 nitrogen and oxygen atoms in total.